The highest BCUT2D eigenvalue weighted by molar-refractivity contribution is 5.85. The van der Waals surface area contributed by atoms with Crippen molar-refractivity contribution in [1.29, 1.82) is 0 Å². The summed E-state index contributed by atoms with van der Waals surface area (Å²) in [5, 5.41) is 37.7. The second-order valence-corrected chi connectivity index (χ2v) is 4.39. The molecule has 116 valence electrons. The van der Waals surface area contributed by atoms with E-state index in [9.17, 15) is 24.9 Å². The molecule has 0 radical (unpaired) electrons. The van der Waals surface area contributed by atoms with E-state index in [-0.39, 0.29) is 0 Å². The van der Waals surface area contributed by atoms with Crippen molar-refractivity contribution in [3.8, 4) is 0 Å². The lowest BCUT2D eigenvalue weighted by Crippen LogP contribution is -2.60. The van der Waals surface area contributed by atoms with Crippen LogP contribution in [0.1, 0.15) is 6.42 Å². The van der Waals surface area contributed by atoms with Gasteiger partial charge in [-0.1, -0.05) is 0 Å². The molecule has 0 aromatic heterocycles. The standard InChI is InChI=1S/C10H18N2O8/c11-5(14)1-3(9(12)18)19-10-8(17)7(16)6(15)4(2-13)20-10/h3-4,6-8,10,13,15-17H,1-2H2,(H2,11,14)(H2,12,18)/t3?,4?,6-,7?,8?,10+/m1/s1. The molecule has 6 atom stereocenters. The van der Waals surface area contributed by atoms with Gasteiger partial charge in [0.25, 0.3) is 0 Å². The van der Waals surface area contributed by atoms with Crippen LogP contribution in [0, 0.1) is 0 Å². The maximum atomic E-state index is 11.1. The van der Waals surface area contributed by atoms with Gasteiger partial charge < -0.3 is 41.4 Å². The lowest BCUT2D eigenvalue weighted by atomic mass is 9.99. The summed E-state index contributed by atoms with van der Waals surface area (Å²) in [6.07, 6.45) is -9.66. The highest BCUT2D eigenvalue weighted by Crippen LogP contribution is 2.23. The Labute approximate surface area is 113 Å². The zero-order valence-corrected chi connectivity index (χ0v) is 10.5. The van der Waals surface area contributed by atoms with Crippen LogP contribution in [0.3, 0.4) is 0 Å². The summed E-state index contributed by atoms with van der Waals surface area (Å²) < 4.78 is 10.00. The molecule has 0 aliphatic carbocycles. The predicted octanol–water partition coefficient (Wildman–Crippen LogP) is -4.47. The number of hydrogen-bond donors (Lipinski definition) is 6. The predicted molar refractivity (Wildman–Crippen MR) is 61.6 cm³/mol. The monoisotopic (exact) mass is 294 g/mol. The molecule has 2 amide bonds. The Morgan fingerprint density at radius 1 is 1.15 bits per heavy atom. The van der Waals surface area contributed by atoms with Crippen molar-refractivity contribution in [3.05, 3.63) is 0 Å². The Morgan fingerprint density at radius 3 is 2.20 bits per heavy atom. The first-order chi connectivity index (χ1) is 9.27. The van der Waals surface area contributed by atoms with E-state index < -0.39 is 61.7 Å². The second kappa shape index (κ2) is 6.92. The minimum absolute atomic E-state index is 0.537. The van der Waals surface area contributed by atoms with E-state index >= 15 is 0 Å². The molecule has 1 aliphatic rings. The summed E-state index contributed by atoms with van der Waals surface area (Å²) in [7, 11) is 0. The number of nitrogens with two attached hydrogens (primary N) is 2. The topological polar surface area (TPSA) is 186 Å². The zero-order valence-electron chi connectivity index (χ0n) is 10.5. The van der Waals surface area contributed by atoms with Crippen molar-refractivity contribution in [2.24, 2.45) is 11.5 Å². The highest BCUT2D eigenvalue weighted by Gasteiger charge is 2.45. The molecule has 1 heterocycles. The van der Waals surface area contributed by atoms with E-state index in [0.717, 1.165) is 0 Å². The summed E-state index contributed by atoms with van der Waals surface area (Å²) in [6.45, 7) is -0.651. The smallest absolute Gasteiger partial charge is 0.247 e. The number of ether oxygens (including phenoxy) is 2. The summed E-state index contributed by atoms with van der Waals surface area (Å²) in [6, 6.07) is 0. The second-order valence-electron chi connectivity index (χ2n) is 4.39. The van der Waals surface area contributed by atoms with Gasteiger partial charge >= 0.3 is 0 Å². The zero-order chi connectivity index (χ0) is 15.4. The van der Waals surface area contributed by atoms with Gasteiger partial charge in [-0.3, -0.25) is 9.59 Å². The average molecular weight is 294 g/mol. The Kier molecular flexibility index (Phi) is 5.80. The molecule has 0 aromatic rings. The van der Waals surface area contributed by atoms with E-state index in [0.29, 0.717) is 0 Å². The van der Waals surface area contributed by atoms with Crippen molar-refractivity contribution in [2.75, 3.05) is 6.61 Å². The summed E-state index contributed by atoms with van der Waals surface area (Å²) in [5.74, 6) is -1.88. The minimum Gasteiger partial charge on any atom is -0.394 e. The number of hydrogen-bond acceptors (Lipinski definition) is 8. The molecule has 1 rings (SSSR count). The van der Waals surface area contributed by atoms with Crippen LogP contribution in [-0.2, 0) is 19.1 Å². The molecule has 1 fully saturated rings. The molecule has 4 unspecified atom stereocenters. The molecule has 8 N–H and O–H groups in total. The van der Waals surface area contributed by atoms with Crippen LogP contribution in [0.15, 0.2) is 0 Å². The Hall–Kier alpha value is -1.30. The number of amides is 2. The SMILES string of the molecule is NC(=O)CC(O[C@H]1OC(CO)[C@@H](O)C(O)C1O)C(N)=O. The van der Waals surface area contributed by atoms with Crippen LogP contribution in [0.5, 0.6) is 0 Å². The van der Waals surface area contributed by atoms with Gasteiger partial charge in [0.2, 0.25) is 11.8 Å². The summed E-state index contributed by atoms with van der Waals surface area (Å²) >= 11 is 0. The molecule has 10 heteroatoms. The molecular weight excluding hydrogens is 276 g/mol. The van der Waals surface area contributed by atoms with Gasteiger partial charge in [-0.2, -0.15) is 0 Å². The number of primary amides is 2. The molecular formula is C10H18N2O8. The van der Waals surface area contributed by atoms with Gasteiger partial charge in [0.15, 0.2) is 6.29 Å². The van der Waals surface area contributed by atoms with Crippen molar-refractivity contribution in [3.63, 3.8) is 0 Å². The quantitative estimate of drug-likeness (QED) is 0.283. The van der Waals surface area contributed by atoms with Gasteiger partial charge in [-0.25, -0.2) is 0 Å². The fraction of sp³-hybridized carbons (Fsp3) is 0.800. The molecule has 0 spiro atoms. The van der Waals surface area contributed by atoms with Crippen LogP contribution < -0.4 is 11.5 Å². The lowest BCUT2D eigenvalue weighted by molar-refractivity contribution is -0.308. The molecule has 0 saturated carbocycles. The fourth-order valence-electron chi connectivity index (χ4n) is 1.74. The molecule has 1 aliphatic heterocycles. The van der Waals surface area contributed by atoms with Gasteiger partial charge in [0, 0.05) is 0 Å². The highest BCUT2D eigenvalue weighted by atomic mass is 16.7. The van der Waals surface area contributed by atoms with E-state index in [1.165, 1.54) is 0 Å². The normalized spacial score (nSPS) is 35.5. The largest absolute Gasteiger partial charge is 0.394 e. The molecule has 10 nitrogen and oxygen atoms in total. The number of aliphatic hydroxyl groups excluding tert-OH is 4. The molecule has 0 bridgehead atoms. The maximum Gasteiger partial charge on any atom is 0.247 e. The van der Waals surface area contributed by atoms with Crippen LogP contribution in [0.2, 0.25) is 0 Å². The first-order valence-electron chi connectivity index (χ1n) is 5.81. The van der Waals surface area contributed by atoms with Crippen molar-refractivity contribution in [2.45, 2.75) is 43.2 Å². The van der Waals surface area contributed by atoms with E-state index in [2.05, 4.69) is 0 Å². The third kappa shape index (κ3) is 3.85. The first-order valence-corrected chi connectivity index (χ1v) is 5.81. The van der Waals surface area contributed by atoms with Crippen molar-refractivity contribution < 1.29 is 39.5 Å². The van der Waals surface area contributed by atoms with Gasteiger partial charge in [-0.05, 0) is 0 Å². The van der Waals surface area contributed by atoms with Gasteiger partial charge in [-0.15, -0.1) is 0 Å². The van der Waals surface area contributed by atoms with E-state index in [1.54, 1.807) is 0 Å². The maximum absolute atomic E-state index is 11.1. The average Bonchev–Trinajstić information content (AvgIpc) is 2.37. The van der Waals surface area contributed by atoms with E-state index in [4.69, 9.17) is 26.0 Å². The summed E-state index contributed by atoms with van der Waals surface area (Å²) in [4.78, 5) is 21.9. The third-order valence-electron chi connectivity index (χ3n) is 2.85. The number of rotatable bonds is 6. The Balaban J connectivity index is 2.77. The first kappa shape index (κ1) is 16.8. The number of carbonyl (C=O) groups excluding carboxylic acids is 2. The minimum atomic E-state index is -1.69. The van der Waals surface area contributed by atoms with Crippen LogP contribution >= 0.6 is 0 Å². The fourth-order valence-corrected chi connectivity index (χ4v) is 1.74. The van der Waals surface area contributed by atoms with Crippen LogP contribution in [-0.4, -0.2) is 75.7 Å². The van der Waals surface area contributed by atoms with Crippen LogP contribution in [0.25, 0.3) is 0 Å². The van der Waals surface area contributed by atoms with Crippen molar-refractivity contribution in [1.82, 2.24) is 0 Å². The summed E-state index contributed by atoms with van der Waals surface area (Å²) in [5.41, 5.74) is 9.92. The number of aliphatic hydroxyl groups is 4. The van der Waals surface area contributed by atoms with Crippen LogP contribution in [0.4, 0.5) is 0 Å². The number of carbonyl (C=O) groups is 2. The third-order valence-corrected chi connectivity index (χ3v) is 2.85. The Morgan fingerprint density at radius 2 is 1.75 bits per heavy atom. The molecule has 1 saturated heterocycles. The van der Waals surface area contributed by atoms with E-state index in [1.807, 2.05) is 0 Å². The van der Waals surface area contributed by atoms with Crippen molar-refractivity contribution >= 4 is 11.8 Å². The Bertz CT molecular complexity index is 363. The lowest BCUT2D eigenvalue weighted by Gasteiger charge is -2.40. The molecule has 0 aromatic carbocycles. The molecule has 20 heavy (non-hydrogen) atoms. The van der Waals surface area contributed by atoms with Gasteiger partial charge in [0.05, 0.1) is 13.0 Å². The van der Waals surface area contributed by atoms with Gasteiger partial charge in [0.1, 0.15) is 30.5 Å².